The molecule has 0 saturated heterocycles. The Balaban J connectivity index is 1.55. The third kappa shape index (κ3) is 2.93. The summed E-state index contributed by atoms with van der Waals surface area (Å²) in [6.45, 7) is 2.70. The molecule has 1 fully saturated rings. The van der Waals surface area contributed by atoms with Crippen molar-refractivity contribution >= 4 is 5.91 Å². The number of aromatic nitrogens is 4. The van der Waals surface area contributed by atoms with Gasteiger partial charge in [-0.15, -0.1) is 5.10 Å². The molecule has 128 valence electrons. The first-order valence-electron chi connectivity index (χ1n) is 8.43. The van der Waals surface area contributed by atoms with Crippen molar-refractivity contribution < 1.29 is 9.32 Å². The van der Waals surface area contributed by atoms with E-state index in [1.165, 1.54) is 0 Å². The second-order valence-corrected chi connectivity index (χ2v) is 6.91. The maximum Gasteiger partial charge on any atom is 0.276 e. The van der Waals surface area contributed by atoms with E-state index in [1.54, 1.807) is 6.07 Å². The molecule has 0 bridgehead atoms. The van der Waals surface area contributed by atoms with Gasteiger partial charge in [-0.25, -0.2) is 4.68 Å². The lowest BCUT2D eigenvalue weighted by molar-refractivity contribution is 0.0734. The van der Waals surface area contributed by atoms with Crippen molar-refractivity contribution in [3.8, 4) is 0 Å². The Labute approximate surface area is 140 Å². The van der Waals surface area contributed by atoms with Crippen LogP contribution in [0.3, 0.4) is 0 Å². The van der Waals surface area contributed by atoms with E-state index in [2.05, 4.69) is 20.4 Å². The Morgan fingerprint density at radius 1 is 1.38 bits per heavy atom. The third-order valence-corrected chi connectivity index (χ3v) is 4.54. The summed E-state index contributed by atoms with van der Waals surface area (Å²) in [4.78, 5) is 16.7. The molecule has 0 spiro atoms. The quantitative estimate of drug-likeness (QED) is 0.839. The van der Waals surface area contributed by atoms with E-state index in [4.69, 9.17) is 4.52 Å². The normalized spacial score (nSPS) is 17.9. The van der Waals surface area contributed by atoms with E-state index in [0.29, 0.717) is 31.2 Å². The largest absolute Gasteiger partial charge is 0.360 e. The lowest BCUT2D eigenvalue weighted by Crippen LogP contribution is -2.31. The highest BCUT2D eigenvalue weighted by molar-refractivity contribution is 5.92. The van der Waals surface area contributed by atoms with E-state index in [9.17, 15) is 4.79 Å². The Morgan fingerprint density at radius 2 is 2.21 bits per heavy atom. The minimum atomic E-state index is -0.0731. The fourth-order valence-electron chi connectivity index (χ4n) is 3.10. The molecule has 4 rings (SSSR count). The van der Waals surface area contributed by atoms with Gasteiger partial charge in [-0.3, -0.25) is 4.79 Å². The van der Waals surface area contributed by atoms with Crippen molar-refractivity contribution in [1.29, 1.82) is 0 Å². The number of carbonyl (C=O) groups excluding carboxylic acids is 1. The second-order valence-electron chi connectivity index (χ2n) is 6.91. The van der Waals surface area contributed by atoms with Crippen molar-refractivity contribution in [1.82, 2.24) is 30.0 Å². The highest BCUT2D eigenvalue weighted by Crippen LogP contribution is 2.40. The van der Waals surface area contributed by atoms with E-state index in [0.717, 1.165) is 43.0 Å². The lowest BCUT2D eigenvalue weighted by Gasteiger charge is -2.19. The molecule has 0 aromatic carbocycles. The highest BCUT2D eigenvalue weighted by Gasteiger charge is 2.31. The Kier molecular flexibility index (Phi) is 3.84. The van der Waals surface area contributed by atoms with Crippen molar-refractivity contribution in [2.45, 2.75) is 44.8 Å². The Bertz CT molecular complexity index is 746. The highest BCUT2D eigenvalue weighted by atomic mass is 16.5. The zero-order valence-corrected chi connectivity index (χ0v) is 14.1. The molecule has 3 heterocycles. The van der Waals surface area contributed by atoms with Crippen LogP contribution in [0.2, 0.25) is 0 Å². The third-order valence-electron chi connectivity index (χ3n) is 4.54. The van der Waals surface area contributed by atoms with Crippen LogP contribution in [0.4, 0.5) is 0 Å². The van der Waals surface area contributed by atoms with E-state index >= 15 is 0 Å². The molecule has 2 aliphatic rings. The summed E-state index contributed by atoms with van der Waals surface area (Å²) < 4.78 is 7.25. The summed E-state index contributed by atoms with van der Waals surface area (Å²) >= 11 is 0. The van der Waals surface area contributed by atoms with Crippen LogP contribution in [0.1, 0.15) is 52.8 Å². The molecule has 1 aliphatic carbocycles. The molecule has 1 saturated carbocycles. The van der Waals surface area contributed by atoms with Gasteiger partial charge in [0.15, 0.2) is 5.69 Å². The van der Waals surface area contributed by atoms with Crippen LogP contribution in [0.25, 0.3) is 0 Å². The van der Waals surface area contributed by atoms with Gasteiger partial charge in [-0.05, 0) is 33.4 Å². The number of hydrogen-bond donors (Lipinski definition) is 0. The minimum Gasteiger partial charge on any atom is -0.360 e. The summed E-state index contributed by atoms with van der Waals surface area (Å²) in [6.07, 6.45) is 3.12. The predicted octanol–water partition coefficient (Wildman–Crippen LogP) is 1.25. The first kappa shape index (κ1) is 15.3. The Hall–Kier alpha value is -2.22. The summed E-state index contributed by atoms with van der Waals surface area (Å²) in [6, 6.07) is 1.81. The SMILES string of the molecule is CN(C)Cc1nnn2c1CN(C(=O)c1cc(C3CC3)on1)CCC2. The number of fused-ring (bicyclic) bond motifs is 1. The molecule has 8 nitrogen and oxygen atoms in total. The number of rotatable bonds is 4. The number of amides is 1. The summed E-state index contributed by atoms with van der Waals surface area (Å²) in [7, 11) is 4.00. The molecule has 1 amide bonds. The van der Waals surface area contributed by atoms with Gasteiger partial charge in [0, 0.05) is 31.6 Å². The molecule has 0 unspecified atom stereocenters. The molecule has 8 heteroatoms. The average molecular weight is 330 g/mol. The topological polar surface area (TPSA) is 80.3 Å². The van der Waals surface area contributed by atoms with Crippen molar-refractivity contribution in [2.24, 2.45) is 0 Å². The fourth-order valence-corrected chi connectivity index (χ4v) is 3.10. The van der Waals surface area contributed by atoms with Gasteiger partial charge >= 0.3 is 0 Å². The molecule has 0 radical (unpaired) electrons. The van der Waals surface area contributed by atoms with E-state index in [-0.39, 0.29) is 5.91 Å². The van der Waals surface area contributed by atoms with Crippen LogP contribution in [-0.4, -0.2) is 56.5 Å². The van der Waals surface area contributed by atoms with Crippen LogP contribution in [0.5, 0.6) is 0 Å². The van der Waals surface area contributed by atoms with E-state index in [1.807, 2.05) is 23.7 Å². The van der Waals surface area contributed by atoms with Crippen LogP contribution in [-0.2, 0) is 19.6 Å². The first-order valence-corrected chi connectivity index (χ1v) is 8.43. The Morgan fingerprint density at radius 3 is 2.96 bits per heavy atom. The van der Waals surface area contributed by atoms with Crippen LogP contribution in [0.15, 0.2) is 10.6 Å². The standard InChI is InChI=1S/C16H22N6O2/c1-20(2)9-13-14-10-21(6-3-7-22(14)19-17-13)16(23)12-8-15(24-18-12)11-4-5-11/h8,11H,3-7,9-10H2,1-2H3. The molecule has 0 N–H and O–H groups in total. The van der Waals surface area contributed by atoms with Crippen LogP contribution >= 0.6 is 0 Å². The minimum absolute atomic E-state index is 0.0731. The van der Waals surface area contributed by atoms with E-state index < -0.39 is 0 Å². The van der Waals surface area contributed by atoms with Gasteiger partial charge in [0.25, 0.3) is 5.91 Å². The summed E-state index contributed by atoms with van der Waals surface area (Å²) in [5.74, 6) is 1.23. The molecular weight excluding hydrogens is 308 g/mol. The molecular formula is C16H22N6O2. The van der Waals surface area contributed by atoms with Gasteiger partial charge in [0.2, 0.25) is 0 Å². The second kappa shape index (κ2) is 6.01. The number of carbonyl (C=O) groups is 1. The van der Waals surface area contributed by atoms with Crippen LogP contribution in [0, 0.1) is 0 Å². The zero-order chi connectivity index (χ0) is 16.7. The lowest BCUT2D eigenvalue weighted by atomic mass is 10.2. The van der Waals surface area contributed by atoms with Crippen molar-refractivity contribution in [3.05, 3.63) is 28.9 Å². The van der Waals surface area contributed by atoms with Crippen molar-refractivity contribution in [3.63, 3.8) is 0 Å². The van der Waals surface area contributed by atoms with Gasteiger partial charge in [0.05, 0.1) is 12.2 Å². The molecule has 2 aromatic rings. The fraction of sp³-hybridized carbons (Fsp3) is 0.625. The molecule has 1 aliphatic heterocycles. The predicted molar refractivity (Wildman–Crippen MR) is 85.2 cm³/mol. The number of nitrogens with zero attached hydrogens (tertiary/aromatic N) is 6. The van der Waals surface area contributed by atoms with Gasteiger partial charge < -0.3 is 14.3 Å². The molecule has 24 heavy (non-hydrogen) atoms. The number of hydrogen-bond acceptors (Lipinski definition) is 6. The molecule has 0 atom stereocenters. The first-order chi connectivity index (χ1) is 11.6. The average Bonchev–Trinajstić information content (AvgIpc) is 3.24. The summed E-state index contributed by atoms with van der Waals surface area (Å²) in [5.41, 5.74) is 2.35. The van der Waals surface area contributed by atoms with Gasteiger partial charge in [-0.1, -0.05) is 10.4 Å². The zero-order valence-electron chi connectivity index (χ0n) is 14.1. The molecule has 2 aromatic heterocycles. The number of aryl methyl sites for hydroxylation is 1. The maximum atomic E-state index is 12.8. The monoisotopic (exact) mass is 330 g/mol. The van der Waals surface area contributed by atoms with Gasteiger partial charge in [-0.2, -0.15) is 0 Å². The smallest absolute Gasteiger partial charge is 0.276 e. The van der Waals surface area contributed by atoms with Crippen molar-refractivity contribution in [2.75, 3.05) is 20.6 Å². The maximum absolute atomic E-state index is 12.8. The van der Waals surface area contributed by atoms with Crippen LogP contribution < -0.4 is 0 Å². The summed E-state index contributed by atoms with van der Waals surface area (Å²) in [5, 5.41) is 12.5. The van der Waals surface area contributed by atoms with Gasteiger partial charge in [0.1, 0.15) is 11.5 Å².